The van der Waals surface area contributed by atoms with Crippen molar-refractivity contribution in [2.75, 3.05) is 13.2 Å². The lowest BCUT2D eigenvalue weighted by Gasteiger charge is -2.25. The van der Waals surface area contributed by atoms with Gasteiger partial charge in [0, 0.05) is 36.4 Å². The van der Waals surface area contributed by atoms with Gasteiger partial charge in [-0.15, -0.1) is 0 Å². The molecule has 1 aromatic carbocycles. The molecule has 0 aliphatic rings. The summed E-state index contributed by atoms with van der Waals surface area (Å²) in [6, 6.07) is 7.86. The van der Waals surface area contributed by atoms with Crippen LogP contribution in [0.15, 0.2) is 48.3 Å². The molecular formula is C18H24ClN3O2. The monoisotopic (exact) mass is 349 g/mol. The van der Waals surface area contributed by atoms with Gasteiger partial charge in [-0.1, -0.05) is 30.3 Å². The Hall–Kier alpha value is -1.82. The van der Waals surface area contributed by atoms with Crippen LogP contribution in [0.25, 0.3) is 0 Å². The Labute approximate surface area is 147 Å². The highest BCUT2D eigenvalue weighted by Crippen LogP contribution is 2.22. The third kappa shape index (κ3) is 5.09. The molecule has 2 unspecified atom stereocenters. The van der Waals surface area contributed by atoms with Crippen LogP contribution < -0.4 is 10.1 Å². The molecule has 0 aliphatic carbocycles. The van der Waals surface area contributed by atoms with Gasteiger partial charge >= 0.3 is 0 Å². The van der Waals surface area contributed by atoms with E-state index >= 15 is 0 Å². The maximum atomic E-state index is 10.6. The standard InChI is InChI=1S/C18H24ClN3O2/c1-13(19)11-24-17-7-5-15(6-8-17)14(2)20-12-18(3,23)16-9-21-22(4)10-16/h5-10,14,20,23H,1,11-12H2,2-4H3. The lowest BCUT2D eigenvalue weighted by Crippen LogP contribution is -2.36. The zero-order valence-electron chi connectivity index (χ0n) is 14.3. The van der Waals surface area contributed by atoms with E-state index in [1.54, 1.807) is 17.8 Å². The van der Waals surface area contributed by atoms with Gasteiger partial charge in [0.05, 0.1) is 6.20 Å². The maximum Gasteiger partial charge on any atom is 0.123 e. The van der Waals surface area contributed by atoms with Gasteiger partial charge in [0.15, 0.2) is 0 Å². The van der Waals surface area contributed by atoms with Crippen molar-refractivity contribution in [2.24, 2.45) is 7.05 Å². The minimum atomic E-state index is -0.980. The van der Waals surface area contributed by atoms with Gasteiger partial charge < -0.3 is 15.2 Å². The van der Waals surface area contributed by atoms with Crippen molar-refractivity contribution >= 4 is 11.6 Å². The summed E-state index contributed by atoms with van der Waals surface area (Å²) in [6.07, 6.45) is 3.51. The first-order valence-corrected chi connectivity index (χ1v) is 8.16. The highest BCUT2D eigenvalue weighted by Gasteiger charge is 2.25. The van der Waals surface area contributed by atoms with Crippen molar-refractivity contribution in [3.8, 4) is 5.75 Å². The molecule has 1 aromatic heterocycles. The first-order chi connectivity index (χ1) is 11.3. The number of hydrogen-bond donors (Lipinski definition) is 2. The number of nitrogens with one attached hydrogen (secondary N) is 1. The van der Waals surface area contributed by atoms with E-state index in [1.807, 2.05) is 37.5 Å². The van der Waals surface area contributed by atoms with Crippen LogP contribution in [-0.4, -0.2) is 28.0 Å². The molecule has 0 amide bonds. The molecule has 0 saturated carbocycles. The molecular weight excluding hydrogens is 326 g/mol. The second-order valence-corrected chi connectivity index (χ2v) is 6.69. The van der Waals surface area contributed by atoms with E-state index in [1.165, 1.54) is 0 Å². The van der Waals surface area contributed by atoms with E-state index in [9.17, 15) is 5.11 Å². The Kier molecular flexibility index (Phi) is 6.04. The van der Waals surface area contributed by atoms with Crippen LogP contribution in [-0.2, 0) is 12.6 Å². The molecule has 1 heterocycles. The molecule has 130 valence electrons. The number of hydrogen-bond acceptors (Lipinski definition) is 4. The Morgan fingerprint density at radius 1 is 1.46 bits per heavy atom. The van der Waals surface area contributed by atoms with E-state index in [0.29, 0.717) is 18.2 Å². The number of nitrogens with zero attached hydrogens (tertiary/aromatic N) is 2. The fourth-order valence-electron chi connectivity index (χ4n) is 2.29. The number of aliphatic hydroxyl groups is 1. The minimum Gasteiger partial charge on any atom is -0.488 e. The Bertz CT molecular complexity index is 680. The van der Waals surface area contributed by atoms with Gasteiger partial charge in [-0.2, -0.15) is 5.10 Å². The number of benzene rings is 1. The molecule has 6 heteroatoms. The van der Waals surface area contributed by atoms with Crippen molar-refractivity contribution in [1.29, 1.82) is 0 Å². The number of rotatable bonds is 8. The van der Waals surface area contributed by atoms with Crippen LogP contribution in [0.2, 0.25) is 0 Å². The van der Waals surface area contributed by atoms with Crippen LogP contribution in [0.1, 0.15) is 31.0 Å². The summed E-state index contributed by atoms with van der Waals surface area (Å²) in [4.78, 5) is 0. The third-order valence-electron chi connectivity index (χ3n) is 3.85. The summed E-state index contributed by atoms with van der Waals surface area (Å²) < 4.78 is 7.16. The van der Waals surface area contributed by atoms with E-state index in [-0.39, 0.29) is 6.04 Å². The second kappa shape index (κ2) is 7.83. The maximum absolute atomic E-state index is 10.6. The summed E-state index contributed by atoms with van der Waals surface area (Å²) in [5.74, 6) is 0.745. The molecule has 24 heavy (non-hydrogen) atoms. The van der Waals surface area contributed by atoms with E-state index in [4.69, 9.17) is 16.3 Å². The molecule has 0 radical (unpaired) electrons. The first kappa shape index (κ1) is 18.5. The smallest absolute Gasteiger partial charge is 0.123 e. The Balaban J connectivity index is 1.92. The molecule has 0 saturated heterocycles. The van der Waals surface area contributed by atoms with Gasteiger partial charge in [-0.3, -0.25) is 4.68 Å². The quantitative estimate of drug-likeness (QED) is 0.768. The highest BCUT2D eigenvalue weighted by atomic mass is 35.5. The predicted molar refractivity (Wildman–Crippen MR) is 96.1 cm³/mol. The molecule has 0 bridgehead atoms. The van der Waals surface area contributed by atoms with Crippen molar-refractivity contribution in [1.82, 2.24) is 15.1 Å². The van der Waals surface area contributed by atoms with E-state index < -0.39 is 5.60 Å². The van der Waals surface area contributed by atoms with Gasteiger partial charge in [0.25, 0.3) is 0 Å². The normalized spacial score (nSPS) is 14.9. The zero-order valence-corrected chi connectivity index (χ0v) is 15.0. The predicted octanol–water partition coefficient (Wildman–Crippen LogP) is 3.11. The third-order valence-corrected chi connectivity index (χ3v) is 3.96. The van der Waals surface area contributed by atoms with Crippen molar-refractivity contribution < 1.29 is 9.84 Å². The van der Waals surface area contributed by atoms with Crippen LogP contribution in [0.5, 0.6) is 5.75 Å². The summed E-state index contributed by atoms with van der Waals surface area (Å²) in [5, 5.41) is 18.5. The van der Waals surface area contributed by atoms with Gasteiger partial charge in [0.2, 0.25) is 0 Å². The molecule has 2 rings (SSSR count). The summed E-state index contributed by atoms with van der Waals surface area (Å²) in [7, 11) is 1.83. The van der Waals surface area contributed by atoms with Crippen LogP contribution in [0.4, 0.5) is 0 Å². The lowest BCUT2D eigenvalue weighted by atomic mass is 9.98. The molecule has 2 atom stereocenters. The summed E-state index contributed by atoms with van der Waals surface area (Å²) in [5.41, 5.74) is 0.913. The van der Waals surface area contributed by atoms with Gasteiger partial charge in [0.1, 0.15) is 18.0 Å². The Morgan fingerprint density at radius 3 is 2.67 bits per heavy atom. The molecule has 0 aliphatic heterocycles. The molecule has 2 aromatic rings. The van der Waals surface area contributed by atoms with E-state index in [2.05, 4.69) is 23.9 Å². The minimum absolute atomic E-state index is 0.0881. The first-order valence-electron chi connectivity index (χ1n) is 7.79. The number of halogens is 1. The molecule has 0 spiro atoms. The van der Waals surface area contributed by atoms with Gasteiger partial charge in [-0.05, 0) is 31.5 Å². The van der Waals surface area contributed by atoms with Gasteiger partial charge in [-0.25, -0.2) is 0 Å². The SMILES string of the molecule is C=C(Cl)COc1ccc(C(C)NCC(C)(O)c2cnn(C)c2)cc1. The topological polar surface area (TPSA) is 59.3 Å². The molecule has 2 N–H and O–H groups in total. The number of aryl methyl sites for hydroxylation is 1. The average molecular weight is 350 g/mol. The fourth-order valence-corrected chi connectivity index (χ4v) is 2.34. The summed E-state index contributed by atoms with van der Waals surface area (Å²) >= 11 is 5.69. The van der Waals surface area contributed by atoms with Crippen molar-refractivity contribution in [3.05, 3.63) is 59.4 Å². The summed E-state index contributed by atoms with van der Waals surface area (Å²) in [6.45, 7) is 8.13. The zero-order chi connectivity index (χ0) is 17.7. The van der Waals surface area contributed by atoms with Crippen LogP contribution >= 0.6 is 11.6 Å². The number of aromatic nitrogens is 2. The average Bonchev–Trinajstić information content (AvgIpc) is 2.98. The van der Waals surface area contributed by atoms with Crippen molar-refractivity contribution in [3.63, 3.8) is 0 Å². The fraction of sp³-hybridized carbons (Fsp3) is 0.389. The highest BCUT2D eigenvalue weighted by molar-refractivity contribution is 6.29. The molecule has 0 fully saturated rings. The molecule has 5 nitrogen and oxygen atoms in total. The lowest BCUT2D eigenvalue weighted by molar-refractivity contribution is 0.0543. The van der Waals surface area contributed by atoms with Crippen molar-refractivity contribution in [2.45, 2.75) is 25.5 Å². The number of ether oxygens (including phenoxy) is 1. The van der Waals surface area contributed by atoms with E-state index in [0.717, 1.165) is 16.9 Å². The largest absolute Gasteiger partial charge is 0.488 e. The Morgan fingerprint density at radius 2 is 2.12 bits per heavy atom. The van der Waals surface area contributed by atoms with Crippen LogP contribution in [0.3, 0.4) is 0 Å². The second-order valence-electron chi connectivity index (χ2n) is 6.15. The van der Waals surface area contributed by atoms with Crippen LogP contribution in [0, 0.1) is 0 Å².